The first kappa shape index (κ1) is 9.88. The normalized spacial score (nSPS) is 12.6. The van der Waals surface area contributed by atoms with Gasteiger partial charge in [-0.15, -0.1) is 0 Å². The van der Waals surface area contributed by atoms with E-state index in [-0.39, 0.29) is 5.60 Å². The highest BCUT2D eigenvalue weighted by Gasteiger charge is 2.09. The molecule has 0 atom stereocenters. The molecule has 0 bridgehead atoms. The predicted molar refractivity (Wildman–Crippen MR) is 40.1 cm³/mol. The first-order chi connectivity index (χ1) is 4.42. The van der Waals surface area contributed by atoms with Crippen molar-refractivity contribution in [3.8, 4) is 0 Å². The summed E-state index contributed by atoms with van der Waals surface area (Å²) in [5, 5.41) is 9.82. The van der Waals surface area contributed by atoms with Crippen molar-refractivity contribution in [3.63, 3.8) is 0 Å². The Bertz CT molecular complexity index is 86.1. The van der Waals surface area contributed by atoms with Crippen LogP contribution in [0.25, 0.3) is 0 Å². The van der Waals surface area contributed by atoms with Gasteiger partial charge in [0.2, 0.25) is 0 Å². The van der Waals surface area contributed by atoms with Crippen LogP contribution in [-0.2, 0) is 4.74 Å². The van der Waals surface area contributed by atoms with E-state index in [9.17, 15) is 0 Å². The molecule has 0 saturated carbocycles. The van der Waals surface area contributed by atoms with E-state index >= 15 is 0 Å². The van der Waals surface area contributed by atoms with Crippen LogP contribution >= 0.6 is 0 Å². The van der Waals surface area contributed by atoms with Crippen molar-refractivity contribution in [3.05, 3.63) is 0 Å². The van der Waals surface area contributed by atoms with Crippen molar-refractivity contribution < 1.29 is 9.94 Å². The molecule has 62 valence electrons. The molecule has 0 aromatic carbocycles. The monoisotopic (exact) mass is 147 g/mol. The lowest BCUT2D eigenvalue weighted by molar-refractivity contribution is -0.0980. The van der Waals surface area contributed by atoms with Gasteiger partial charge in [0.05, 0.1) is 12.2 Å². The van der Waals surface area contributed by atoms with Gasteiger partial charge in [0, 0.05) is 13.6 Å². The zero-order valence-electron chi connectivity index (χ0n) is 7.22. The van der Waals surface area contributed by atoms with Gasteiger partial charge >= 0.3 is 0 Å². The summed E-state index contributed by atoms with van der Waals surface area (Å²) in [4.78, 5) is 0. The largest absolute Gasteiger partial charge is 0.374 e. The Morgan fingerprint density at radius 1 is 1.40 bits per heavy atom. The summed E-state index contributed by atoms with van der Waals surface area (Å²) in [6.45, 7) is 7.09. The van der Waals surface area contributed by atoms with E-state index in [2.05, 4.69) is 0 Å². The van der Waals surface area contributed by atoms with Gasteiger partial charge in [0.1, 0.15) is 0 Å². The maximum absolute atomic E-state index is 8.70. The maximum Gasteiger partial charge on any atom is 0.0623 e. The van der Waals surface area contributed by atoms with E-state index < -0.39 is 0 Å². The zero-order valence-corrected chi connectivity index (χ0v) is 7.22. The van der Waals surface area contributed by atoms with E-state index in [4.69, 9.17) is 9.94 Å². The third-order valence-corrected chi connectivity index (χ3v) is 0.950. The Labute approximate surface area is 62.6 Å². The highest BCUT2D eigenvalue weighted by Crippen LogP contribution is 2.05. The third kappa shape index (κ3) is 7.88. The summed E-state index contributed by atoms with van der Waals surface area (Å²) in [6, 6.07) is 0. The molecule has 0 heterocycles. The fourth-order valence-electron chi connectivity index (χ4n) is 0.484. The topological polar surface area (TPSA) is 32.7 Å². The molecule has 3 heteroatoms. The number of hydroxylamine groups is 2. The molecule has 0 aliphatic carbocycles. The summed E-state index contributed by atoms with van der Waals surface area (Å²) in [5.74, 6) is 0. The molecular weight excluding hydrogens is 130 g/mol. The third-order valence-electron chi connectivity index (χ3n) is 0.950. The first-order valence-electron chi connectivity index (χ1n) is 3.46. The fourth-order valence-corrected chi connectivity index (χ4v) is 0.484. The number of hydrogen-bond donors (Lipinski definition) is 1. The summed E-state index contributed by atoms with van der Waals surface area (Å²) in [5.41, 5.74) is -0.101. The summed E-state index contributed by atoms with van der Waals surface area (Å²) >= 11 is 0. The van der Waals surface area contributed by atoms with Gasteiger partial charge in [0.25, 0.3) is 0 Å². The minimum absolute atomic E-state index is 0.101. The lowest BCUT2D eigenvalue weighted by Gasteiger charge is -2.20. The molecule has 0 aromatic heterocycles. The van der Waals surface area contributed by atoms with Crippen molar-refractivity contribution in [2.24, 2.45) is 0 Å². The van der Waals surface area contributed by atoms with Gasteiger partial charge < -0.3 is 9.94 Å². The molecule has 0 fully saturated rings. The second-order valence-electron chi connectivity index (χ2n) is 3.34. The molecule has 0 unspecified atom stereocenters. The van der Waals surface area contributed by atoms with Crippen LogP contribution in [0.3, 0.4) is 0 Å². The van der Waals surface area contributed by atoms with Crippen LogP contribution < -0.4 is 0 Å². The van der Waals surface area contributed by atoms with Crippen LogP contribution in [0.5, 0.6) is 0 Å². The number of rotatable bonds is 3. The van der Waals surface area contributed by atoms with Crippen LogP contribution in [0.2, 0.25) is 0 Å². The SMILES string of the molecule is CN(O)CCOC(C)(C)C. The average molecular weight is 147 g/mol. The Balaban J connectivity index is 3.21. The van der Waals surface area contributed by atoms with E-state index in [1.165, 1.54) is 0 Å². The van der Waals surface area contributed by atoms with Crippen LogP contribution in [0.15, 0.2) is 0 Å². The average Bonchev–Trinajstić information content (AvgIpc) is 1.59. The maximum atomic E-state index is 8.70. The van der Waals surface area contributed by atoms with Crippen LogP contribution in [0.4, 0.5) is 0 Å². The molecule has 10 heavy (non-hydrogen) atoms. The highest BCUT2D eigenvalue weighted by molar-refractivity contribution is 4.58. The second kappa shape index (κ2) is 3.91. The van der Waals surface area contributed by atoms with Gasteiger partial charge in [0.15, 0.2) is 0 Å². The van der Waals surface area contributed by atoms with Crippen molar-refractivity contribution in [2.75, 3.05) is 20.2 Å². The second-order valence-corrected chi connectivity index (χ2v) is 3.34. The Kier molecular flexibility index (Phi) is 3.86. The molecule has 0 spiro atoms. The van der Waals surface area contributed by atoms with Crippen molar-refractivity contribution >= 4 is 0 Å². The molecule has 0 aliphatic heterocycles. The lowest BCUT2D eigenvalue weighted by atomic mass is 10.2. The Morgan fingerprint density at radius 3 is 2.20 bits per heavy atom. The van der Waals surface area contributed by atoms with Crippen molar-refractivity contribution in [1.29, 1.82) is 0 Å². The van der Waals surface area contributed by atoms with Crippen LogP contribution in [-0.4, -0.2) is 36.1 Å². The minimum atomic E-state index is -0.101. The smallest absolute Gasteiger partial charge is 0.0623 e. The van der Waals surface area contributed by atoms with E-state index in [1.54, 1.807) is 7.05 Å². The molecule has 0 radical (unpaired) electrons. The van der Waals surface area contributed by atoms with E-state index in [0.717, 1.165) is 5.06 Å². The van der Waals surface area contributed by atoms with Gasteiger partial charge in [-0.3, -0.25) is 0 Å². The molecular formula is C7H17NO2. The quantitative estimate of drug-likeness (QED) is 0.607. The molecule has 0 aliphatic rings. The highest BCUT2D eigenvalue weighted by atomic mass is 16.5. The summed E-state index contributed by atoms with van der Waals surface area (Å²) in [7, 11) is 1.60. The fraction of sp³-hybridized carbons (Fsp3) is 1.00. The Morgan fingerprint density at radius 2 is 1.90 bits per heavy atom. The molecule has 0 rings (SSSR count). The molecule has 3 nitrogen and oxygen atoms in total. The van der Waals surface area contributed by atoms with Crippen LogP contribution in [0.1, 0.15) is 20.8 Å². The number of hydrogen-bond acceptors (Lipinski definition) is 3. The number of nitrogens with zero attached hydrogens (tertiary/aromatic N) is 1. The van der Waals surface area contributed by atoms with Crippen molar-refractivity contribution in [1.82, 2.24) is 5.06 Å². The lowest BCUT2D eigenvalue weighted by Crippen LogP contribution is -2.26. The summed E-state index contributed by atoms with van der Waals surface area (Å²) < 4.78 is 5.34. The molecule has 0 saturated heterocycles. The summed E-state index contributed by atoms with van der Waals surface area (Å²) in [6.07, 6.45) is 0. The number of likely N-dealkylation sites (N-methyl/N-ethyl adjacent to an activating group) is 1. The van der Waals surface area contributed by atoms with Crippen molar-refractivity contribution in [2.45, 2.75) is 26.4 Å². The molecule has 0 aromatic rings. The zero-order chi connectivity index (χ0) is 8.20. The van der Waals surface area contributed by atoms with Crippen LogP contribution in [0, 0.1) is 0 Å². The van der Waals surface area contributed by atoms with Gasteiger partial charge in [-0.05, 0) is 20.8 Å². The predicted octanol–water partition coefficient (Wildman–Crippen LogP) is 1.12. The van der Waals surface area contributed by atoms with Gasteiger partial charge in [-0.1, -0.05) is 0 Å². The standard InChI is InChI=1S/C7H17NO2/c1-7(2,3)10-6-5-8(4)9/h9H,5-6H2,1-4H3. The van der Waals surface area contributed by atoms with E-state index in [1.807, 2.05) is 20.8 Å². The number of ether oxygens (including phenoxy) is 1. The van der Waals surface area contributed by atoms with Gasteiger partial charge in [-0.25, -0.2) is 0 Å². The Hall–Kier alpha value is -0.120. The first-order valence-corrected chi connectivity index (χ1v) is 3.46. The molecule has 0 amide bonds. The van der Waals surface area contributed by atoms with Gasteiger partial charge in [-0.2, -0.15) is 5.06 Å². The minimum Gasteiger partial charge on any atom is -0.374 e. The van der Waals surface area contributed by atoms with E-state index in [0.29, 0.717) is 13.2 Å². The molecule has 1 N–H and O–H groups in total.